The van der Waals surface area contributed by atoms with Crippen LogP contribution in [0.5, 0.6) is 0 Å². The zero-order valence-corrected chi connectivity index (χ0v) is 14.5. The van der Waals surface area contributed by atoms with Crippen molar-refractivity contribution in [3.63, 3.8) is 0 Å². The van der Waals surface area contributed by atoms with Gasteiger partial charge in [-0.25, -0.2) is 0 Å². The number of nitrogens with zero attached hydrogens (tertiary/aromatic N) is 3. The van der Waals surface area contributed by atoms with Crippen LogP contribution in [0.2, 0.25) is 0 Å². The summed E-state index contributed by atoms with van der Waals surface area (Å²) in [6, 6.07) is 8.03. The molecule has 1 N–H and O–H groups in total. The molecule has 1 aromatic carbocycles. The van der Waals surface area contributed by atoms with Crippen LogP contribution in [0.4, 0.5) is 0 Å². The van der Waals surface area contributed by atoms with Crippen molar-refractivity contribution < 1.29 is 14.7 Å². The summed E-state index contributed by atoms with van der Waals surface area (Å²) in [6.07, 6.45) is 5.24. The topological polar surface area (TPSA) is 73.7 Å². The summed E-state index contributed by atoms with van der Waals surface area (Å²) < 4.78 is 0. The van der Waals surface area contributed by atoms with Gasteiger partial charge in [-0.15, -0.1) is 6.58 Å². The van der Waals surface area contributed by atoms with E-state index in [0.29, 0.717) is 26.2 Å². The van der Waals surface area contributed by atoms with Crippen LogP contribution in [0.3, 0.4) is 0 Å². The highest BCUT2D eigenvalue weighted by Gasteiger charge is 2.61. The first-order valence-electron chi connectivity index (χ1n) is 8.72. The summed E-state index contributed by atoms with van der Waals surface area (Å²) in [7, 11) is 0. The minimum atomic E-state index is -1.02. The van der Waals surface area contributed by atoms with E-state index in [4.69, 9.17) is 0 Å². The van der Waals surface area contributed by atoms with E-state index in [1.807, 2.05) is 24.4 Å². The quantitative estimate of drug-likeness (QED) is 0.831. The van der Waals surface area contributed by atoms with Gasteiger partial charge in [-0.05, 0) is 17.0 Å². The molecule has 26 heavy (non-hydrogen) atoms. The summed E-state index contributed by atoms with van der Waals surface area (Å²) in [5, 5.41) is 12.1. The van der Waals surface area contributed by atoms with Crippen molar-refractivity contribution in [3.05, 3.63) is 54.9 Å². The molecule has 0 unspecified atom stereocenters. The van der Waals surface area contributed by atoms with Gasteiger partial charge in [0.05, 0.1) is 5.92 Å². The van der Waals surface area contributed by atoms with Crippen molar-refractivity contribution in [3.8, 4) is 0 Å². The molecule has 1 aromatic heterocycles. The van der Waals surface area contributed by atoms with Crippen molar-refractivity contribution in [2.24, 2.45) is 11.3 Å². The molecule has 2 saturated heterocycles. The lowest BCUT2D eigenvalue weighted by molar-refractivity contribution is -0.149. The molecule has 2 atom stereocenters. The Morgan fingerprint density at radius 2 is 2.23 bits per heavy atom. The molecule has 2 fully saturated rings. The molecule has 2 aromatic rings. The monoisotopic (exact) mass is 351 g/mol. The Kier molecular flexibility index (Phi) is 4.00. The predicted molar refractivity (Wildman–Crippen MR) is 97.4 cm³/mol. The molecular weight excluding hydrogens is 330 g/mol. The maximum Gasteiger partial charge on any atom is 0.313 e. The molecule has 4 rings (SSSR count). The number of benzene rings is 1. The summed E-state index contributed by atoms with van der Waals surface area (Å²) in [5.74, 6) is -1.44. The number of amides is 1. The number of aromatic nitrogens is 1. The van der Waals surface area contributed by atoms with E-state index in [2.05, 4.69) is 22.5 Å². The number of carbonyl (C=O) groups is 2. The normalized spacial score (nSPS) is 25.6. The maximum atomic E-state index is 12.7. The molecule has 1 amide bonds. The number of pyridine rings is 1. The van der Waals surface area contributed by atoms with Crippen LogP contribution >= 0.6 is 0 Å². The Balaban J connectivity index is 1.61. The van der Waals surface area contributed by atoms with Crippen molar-refractivity contribution >= 4 is 22.6 Å². The summed E-state index contributed by atoms with van der Waals surface area (Å²) in [5.41, 5.74) is 0.104. The van der Waals surface area contributed by atoms with Crippen LogP contribution in [-0.4, -0.2) is 57.9 Å². The first-order valence-corrected chi connectivity index (χ1v) is 8.72. The second-order valence-electron chi connectivity index (χ2n) is 7.20. The van der Waals surface area contributed by atoms with Crippen LogP contribution in [0.15, 0.2) is 49.3 Å². The van der Waals surface area contributed by atoms with Crippen molar-refractivity contribution in [1.29, 1.82) is 0 Å². The standard InChI is InChI=1S/C20H21N3O3/c1-2-8-23-13-20(19(25)26)12-22(11-17(20)18(23)24)10-15-5-3-4-14-9-21-7-6-16(14)15/h2-7,9,17H,1,8,10-13H2,(H,25,26)/t17-,20-/m1/s1. The first kappa shape index (κ1) is 16.7. The summed E-state index contributed by atoms with van der Waals surface area (Å²) in [6.45, 7) is 5.81. The fraction of sp³-hybridized carbons (Fsp3) is 0.350. The van der Waals surface area contributed by atoms with Crippen molar-refractivity contribution in [2.45, 2.75) is 6.54 Å². The molecule has 2 aliphatic heterocycles. The molecule has 0 bridgehead atoms. The smallest absolute Gasteiger partial charge is 0.313 e. The third-order valence-electron chi connectivity index (χ3n) is 5.64. The Morgan fingerprint density at radius 1 is 1.38 bits per heavy atom. The van der Waals surface area contributed by atoms with E-state index >= 15 is 0 Å². The van der Waals surface area contributed by atoms with Crippen LogP contribution in [-0.2, 0) is 16.1 Å². The number of carboxylic acid groups (broad SMARTS) is 1. The predicted octanol–water partition coefficient (Wildman–Crippen LogP) is 1.77. The van der Waals surface area contributed by atoms with E-state index in [0.717, 1.165) is 16.3 Å². The molecule has 6 heteroatoms. The molecule has 134 valence electrons. The number of likely N-dealkylation sites (tertiary alicyclic amines) is 2. The van der Waals surface area contributed by atoms with Gasteiger partial charge in [0.15, 0.2) is 0 Å². The number of rotatable bonds is 5. The highest BCUT2D eigenvalue weighted by Crippen LogP contribution is 2.44. The van der Waals surface area contributed by atoms with Gasteiger partial charge in [0.25, 0.3) is 0 Å². The van der Waals surface area contributed by atoms with Gasteiger partial charge in [0.1, 0.15) is 5.41 Å². The van der Waals surface area contributed by atoms with Gasteiger partial charge in [-0.2, -0.15) is 0 Å². The largest absolute Gasteiger partial charge is 0.481 e. The SMILES string of the molecule is C=CCN1C[C@]2(C(=O)O)CN(Cc3cccc4cnccc34)C[C@@H]2C1=O. The Morgan fingerprint density at radius 3 is 2.96 bits per heavy atom. The van der Waals surface area contributed by atoms with Gasteiger partial charge in [-0.1, -0.05) is 24.3 Å². The number of fused-ring (bicyclic) bond motifs is 2. The Hall–Kier alpha value is -2.73. The van der Waals surface area contributed by atoms with E-state index in [-0.39, 0.29) is 12.5 Å². The molecule has 2 aliphatic rings. The fourth-order valence-electron chi connectivity index (χ4n) is 4.40. The van der Waals surface area contributed by atoms with E-state index in [1.165, 1.54) is 0 Å². The van der Waals surface area contributed by atoms with Crippen molar-refractivity contribution in [2.75, 3.05) is 26.2 Å². The zero-order valence-electron chi connectivity index (χ0n) is 14.5. The zero-order chi connectivity index (χ0) is 18.3. The molecular formula is C20H21N3O3. The molecule has 0 aliphatic carbocycles. The van der Waals surface area contributed by atoms with Gasteiger partial charge in [-0.3, -0.25) is 19.5 Å². The van der Waals surface area contributed by atoms with Gasteiger partial charge in [0.2, 0.25) is 5.91 Å². The number of hydrogen-bond donors (Lipinski definition) is 1. The second-order valence-corrected chi connectivity index (χ2v) is 7.20. The van der Waals surface area contributed by atoms with E-state index in [9.17, 15) is 14.7 Å². The number of aliphatic carboxylic acids is 1. The van der Waals surface area contributed by atoms with Crippen molar-refractivity contribution in [1.82, 2.24) is 14.8 Å². The minimum Gasteiger partial charge on any atom is -0.481 e. The van der Waals surface area contributed by atoms with Crippen LogP contribution < -0.4 is 0 Å². The van der Waals surface area contributed by atoms with Gasteiger partial charge >= 0.3 is 5.97 Å². The highest BCUT2D eigenvalue weighted by molar-refractivity contribution is 5.92. The molecule has 0 spiro atoms. The first-order chi connectivity index (χ1) is 12.5. The molecule has 6 nitrogen and oxygen atoms in total. The highest BCUT2D eigenvalue weighted by atomic mass is 16.4. The van der Waals surface area contributed by atoms with Crippen LogP contribution in [0.25, 0.3) is 10.8 Å². The number of carboxylic acids is 1. The average molecular weight is 351 g/mol. The third-order valence-corrected chi connectivity index (χ3v) is 5.64. The lowest BCUT2D eigenvalue weighted by Gasteiger charge is -2.25. The van der Waals surface area contributed by atoms with Crippen LogP contribution in [0.1, 0.15) is 5.56 Å². The van der Waals surface area contributed by atoms with E-state index < -0.39 is 17.3 Å². The van der Waals surface area contributed by atoms with Gasteiger partial charge in [0, 0.05) is 50.5 Å². The maximum absolute atomic E-state index is 12.7. The third kappa shape index (κ3) is 2.49. The second kappa shape index (κ2) is 6.21. The fourth-order valence-corrected chi connectivity index (χ4v) is 4.40. The molecule has 3 heterocycles. The van der Waals surface area contributed by atoms with Crippen LogP contribution in [0, 0.1) is 11.3 Å². The number of hydrogen-bond acceptors (Lipinski definition) is 4. The Bertz CT molecular complexity index is 892. The average Bonchev–Trinajstić information content (AvgIpc) is 3.12. The van der Waals surface area contributed by atoms with Gasteiger partial charge < -0.3 is 10.0 Å². The lowest BCUT2D eigenvalue weighted by Crippen LogP contribution is -2.40. The molecule has 0 radical (unpaired) electrons. The Labute approximate surface area is 151 Å². The molecule has 0 saturated carbocycles. The van der Waals surface area contributed by atoms with E-state index in [1.54, 1.807) is 17.2 Å². The summed E-state index contributed by atoms with van der Waals surface area (Å²) >= 11 is 0. The minimum absolute atomic E-state index is 0.0723. The summed E-state index contributed by atoms with van der Waals surface area (Å²) in [4.78, 5) is 32.6. The number of carbonyl (C=O) groups excluding carboxylic acids is 1. The lowest BCUT2D eigenvalue weighted by atomic mass is 9.81.